The zero-order valence-corrected chi connectivity index (χ0v) is 18.2. The number of alkyl halides is 3. The zero-order chi connectivity index (χ0) is 22.8. The topological polar surface area (TPSA) is 72.8 Å². The molecule has 31 heavy (non-hydrogen) atoms. The van der Waals surface area contributed by atoms with Crippen LogP contribution in [0.3, 0.4) is 0 Å². The Bertz CT molecular complexity index is 770. The largest absolute Gasteiger partial charge is 0.415 e. The highest BCUT2D eigenvalue weighted by atomic mass is 19.4. The second kappa shape index (κ2) is 9.46. The molecule has 1 amide bonds. The number of aliphatic hydroxyl groups excluding tert-OH is 1. The van der Waals surface area contributed by atoms with E-state index in [4.69, 9.17) is 5.11 Å². The molecule has 1 aromatic carbocycles. The molecule has 0 aromatic heterocycles. The molecule has 1 saturated carbocycles. The second-order valence-electron chi connectivity index (χ2n) is 9.34. The van der Waals surface area contributed by atoms with Crippen molar-refractivity contribution in [1.29, 1.82) is 0 Å². The fourth-order valence-electron chi connectivity index (χ4n) is 4.80. The van der Waals surface area contributed by atoms with Gasteiger partial charge in [-0.3, -0.25) is 4.79 Å². The first-order valence-electron chi connectivity index (χ1n) is 11.1. The minimum atomic E-state index is -4.71. The van der Waals surface area contributed by atoms with Crippen LogP contribution < -0.4 is 5.32 Å². The van der Waals surface area contributed by atoms with Crippen LogP contribution in [-0.4, -0.2) is 52.9 Å². The van der Waals surface area contributed by atoms with E-state index in [-0.39, 0.29) is 24.4 Å². The first kappa shape index (κ1) is 24.0. The number of carbonyl (C=O) groups excluding carboxylic acids is 1. The highest BCUT2D eigenvalue weighted by Gasteiger charge is 2.39. The lowest BCUT2D eigenvalue weighted by atomic mass is 9.76. The molecular formula is C23H33F3N2O3. The van der Waals surface area contributed by atoms with Gasteiger partial charge >= 0.3 is 6.18 Å². The molecule has 1 aliphatic carbocycles. The molecule has 3 rings (SSSR count). The van der Waals surface area contributed by atoms with Crippen molar-refractivity contribution in [2.45, 2.75) is 76.3 Å². The summed E-state index contributed by atoms with van der Waals surface area (Å²) >= 11 is 0. The van der Waals surface area contributed by atoms with Gasteiger partial charge < -0.3 is 20.4 Å². The summed E-state index contributed by atoms with van der Waals surface area (Å²) in [5, 5.41) is 22.1. The Kier molecular flexibility index (Phi) is 7.33. The molecule has 2 atom stereocenters. The van der Waals surface area contributed by atoms with E-state index in [1.165, 1.54) is 6.42 Å². The number of hydrogen-bond acceptors (Lipinski definition) is 4. The van der Waals surface area contributed by atoms with Gasteiger partial charge in [0.25, 0.3) is 0 Å². The van der Waals surface area contributed by atoms with Crippen LogP contribution in [0, 0.1) is 5.92 Å². The number of nitrogens with one attached hydrogen (secondary N) is 1. The predicted octanol–water partition coefficient (Wildman–Crippen LogP) is 3.43. The standard InChI is InChI=1S/C23H33F3N2O3/c1-22(2,31)17-9-8-15-10-11-28(20(30)14-27-13-19(29)23(24,25)26)21(18(15)12-17)16-6-4-3-5-7-16/h8-9,12,16,19,21,27,29,31H,3-7,10-11,13-14H2,1-2H3/t19-,21?/m0/s1. The van der Waals surface area contributed by atoms with Crippen LogP contribution in [0.2, 0.25) is 0 Å². The molecule has 1 fully saturated rings. The normalized spacial score (nSPS) is 21.6. The van der Waals surface area contributed by atoms with Crippen LogP contribution in [0.15, 0.2) is 18.2 Å². The molecule has 174 valence electrons. The Labute approximate surface area is 181 Å². The van der Waals surface area contributed by atoms with Crippen LogP contribution in [0.25, 0.3) is 0 Å². The highest BCUT2D eigenvalue weighted by Crippen LogP contribution is 2.43. The van der Waals surface area contributed by atoms with Crippen molar-refractivity contribution in [1.82, 2.24) is 10.2 Å². The molecule has 0 spiro atoms. The van der Waals surface area contributed by atoms with Gasteiger partial charge in [0.15, 0.2) is 6.10 Å². The number of fused-ring (bicyclic) bond motifs is 1. The number of halogens is 3. The van der Waals surface area contributed by atoms with E-state index in [1.807, 2.05) is 18.2 Å². The van der Waals surface area contributed by atoms with Crippen molar-refractivity contribution >= 4 is 5.91 Å². The number of benzene rings is 1. The average molecular weight is 443 g/mol. The van der Waals surface area contributed by atoms with E-state index in [2.05, 4.69) is 5.32 Å². The number of aliphatic hydroxyl groups is 2. The fraction of sp³-hybridized carbons (Fsp3) is 0.696. The Hall–Kier alpha value is -1.64. The molecule has 0 bridgehead atoms. The maximum atomic E-state index is 13.0. The number of carbonyl (C=O) groups is 1. The van der Waals surface area contributed by atoms with Crippen LogP contribution >= 0.6 is 0 Å². The van der Waals surface area contributed by atoms with Crippen LogP contribution in [0.5, 0.6) is 0 Å². The molecule has 1 aromatic rings. The van der Waals surface area contributed by atoms with Gasteiger partial charge in [-0.25, -0.2) is 0 Å². The molecule has 5 nitrogen and oxygen atoms in total. The quantitative estimate of drug-likeness (QED) is 0.631. The van der Waals surface area contributed by atoms with Crippen molar-refractivity contribution < 1.29 is 28.2 Å². The molecule has 1 unspecified atom stereocenters. The Morgan fingerprint density at radius 3 is 2.52 bits per heavy atom. The summed E-state index contributed by atoms with van der Waals surface area (Å²) in [6.45, 7) is 3.00. The van der Waals surface area contributed by atoms with E-state index >= 15 is 0 Å². The number of rotatable bonds is 6. The van der Waals surface area contributed by atoms with Gasteiger partial charge in [0.2, 0.25) is 5.91 Å². The fourth-order valence-corrected chi connectivity index (χ4v) is 4.80. The van der Waals surface area contributed by atoms with Crippen molar-refractivity contribution in [2.24, 2.45) is 5.92 Å². The van der Waals surface area contributed by atoms with Gasteiger partial charge in [-0.1, -0.05) is 37.5 Å². The van der Waals surface area contributed by atoms with Gasteiger partial charge in [-0.15, -0.1) is 0 Å². The molecule has 1 heterocycles. The van der Waals surface area contributed by atoms with Gasteiger partial charge in [0, 0.05) is 13.1 Å². The van der Waals surface area contributed by atoms with Crippen molar-refractivity contribution in [2.75, 3.05) is 19.6 Å². The van der Waals surface area contributed by atoms with Gasteiger partial charge in [0.05, 0.1) is 18.2 Å². The summed E-state index contributed by atoms with van der Waals surface area (Å²) in [6, 6.07) is 5.80. The number of amides is 1. The first-order valence-corrected chi connectivity index (χ1v) is 11.1. The summed E-state index contributed by atoms with van der Waals surface area (Å²) in [6.07, 6.45) is -1.17. The molecule has 1 aliphatic heterocycles. The van der Waals surface area contributed by atoms with E-state index in [9.17, 15) is 23.1 Å². The molecular weight excluding hydrogens is 409 g/mol. The summed E-state index contributed by atoms with van der Waals surface area (Å²) in [4.78, 5) is 14.8. The number of nitrogens with zero attached hydrogens (tertiary/aromatic N) is 1. The minimum Gasteiger partial charge on any atom is -0.386 e. The maximum absolute atomic E-state index is 13.0. The lowest BCUT2D eigenvalue weighted by Gasteiger charge is -2.43. The predicted molar refractivity (Wildman–Crippen MR) is 111 cm³/mol. The zero-order valence-electron chi connectivity index (χ0n) is 18.2. The third-order valence-corrected chi connectivity index (χ3v) is 6.54. The first-order chi connectivity index (χ1) is 14.5. The van der Waals surface area contributed by atoms with Crippen molar-refractivity contribution in [3.05, 3.63) is 34.9 Å². The summed E-state index contributed by atoms with van der Waals surface area (Å²) in [5.74, 6) is 0.0267. The molecule has 2 aliphatic rings. The lowest BCUT2D eigenvalue weighted by Crippen LogP contribution is -2.48. The summed E-state index contributed by atoms with van der Waals surface area (Å²) in [5.41, 5.74) is 1.98. The smallest absolute Gasteiger partial charge is 0.386 e. The second-order valence-corrected chi connectivity index (χ2v) is 9.34. The lowest BCUT2D eigenvalue weighted by molar-refractivity contribution is -0.201. The van der Waals surface area contributed by atoms with E-state index < -0.39 is 24.4 Å². The van der Waals surface area contributed by atoms with Gasteiger partial charge in [-0.05, 0) is 55.7 Å². The summed E-state index contributed by atoms with van der Waals surface area (Å²) in [7, 11) is 0. The third kappa shape index (κ3) is 5.79. The Morgan fingerprint density at radius 1 is 1.23 bits per heavy atom. The van der Waals surface area contributed by atoms with Crippen molar-refractivity contribution in [3.8, 4) is 0 Å². The van der Waals surface area contributed by atoms with E-state index in [0.29, 0.717) is 13.0 Å². The molecule has 8 heteroatoms. The molecule has 3 N–H and O–H groups in total. The molecule has 0 radical (unpaired) electrons. The van der Waals surface area contributed by atoms with E-state index in [1.54, 1.807) is 18.7 Å². The highest BCUT2D eigenvalue weighted by molar-refractivity contribution is 5.79. The monoisotopic (exact) mass is 442 g/mol. The van der Waals surface area contributed by atoms with Gasteiger partial charge in [0.1, 0.15) is 0 Å². The van der Waals surface area contributed by atoms with Crippen LogP contribution in [0.4, 0.5) is 13.2 Å². The minimum absolute atomic E-state index is 0.145. The third-order valence-electron chi connectivity index (χ3n) is 6.54. The van der Waals surface area contributed by atoms with Crippen LogP contribution in [-0.2, 0) is 16.8 Å². The van der Waals surface area contributed by atoms with Gasteiger partial charge in [-0.2, -0.15) is 13.2 Å². The molecule has 0 saturated heterocycles. The van der Waals surface area contributed by atoms with E-state index in [0.717, 1.165) is 42.4 Å². The summed E-state index contributed by atoms with van der Waals surface area (Å²) < 4.78 is 37.6. The maximum Gasteiger partial charge on any atom is 0.415 e. The Balaban J connectivity index is 1.82. The van der Waals surface area contributed by atoms with Crippen molar-refractivity contribution in [3.63, 3.8) is 0 Å². The SMILES string of the molecule is CC(C)(O)c1ccc2c(c1)C(C1CCCCC1)N(C(=O)CNC[C@H](O)C(F)(F)F)CC2. The Morgan fingerprint density at radius 2 is 1.90 bits per heavy atom. The van der Waals surface area contributed by atoms with Crippen LogP contribution in [0.1, 0.15) is 68.7 Å². The number of hydrogen-bond donors (Lipinski definition) is 3. The average Bonchev–Trinajstić information content (AvgIpc) is 2.71.